The van der Waals surface area contributed by atoms with Crippen LogP contribution in [0.5, 0.6) is 17.2 Å². The zero-order chi connectivity index (χ0) is 24.3. The van der Waals surface area contributed by atoms with E-state index in [1.54, 1.807) is 36.4 Å². The van der Waals surface area contributed by atoms with Gasteiger partial charge in [0.1, 0.15) is 17.2 Å². The molecule has 0 bridgehead atoms. The van der Waals surface area contributed by atoms with E-state index >= 15 is 0 Å². The van der Waals surface area contributed by atoms with Crippen LogP contribution in [0.2, 0.25) is 0 Å². The van der Waals surface area contributed by atoms with Crippen molar-refractivity contribution in [3.8, 4) is 17.2 Å². The average Bonchev–Trinajstić information content (AvgIpc) is 2.86. The van der Waals surface area contributed by atoms with Gasteiger partial charge in [-0.05, 0) is 41.5 Å². The Morgan fingerprint density at radius 3 is 2.32 bits per heavy atom. The molecule has 0 fully saturated rings. The number of nitrogens with zero attached hydrogens (tertiary/aromatic N) is 1. The number of amides is 1. The summed E-state index contributed by atoms with van der Waals surface area (Å²) in [6, 6.07) is 19.8. The quantitative estimate of drug-likeness (QED) is 0.255. The molecule has 0 saturated heterocycles. The van der Waals surface area contributed by atoms with Crippen molar-refractivity contribution < 1.29 is 23.9 Å². The minimum absolute atomic E-state index is 0.0935. The molecule has 0 aromatic heterocycles. The first-order valence-electron chi connectivity index (χ1n) is 10.3. The number of ether oxygens (including phenoxy) is 3. The predicted octanol–water partition coefficient (Wildman–Crippen LogP) is 5.14. The van der Waals surface area contributed by atoms with Crippen LogP contribution in [0.15, 0.2) is 72.9 Å². The number of hydrogen-bond donors (Lipinski definition) is 1. The van der Waals surface area contributed by atoms with Crippen LogP contribution in [-0.4, -0.2) is 31.7 Å². The highest BCUT2D eigenvalue weighted by atomic mass is 16.6. The molecule has 0 unspecified atom stereocenters. The third kappa shape index (κ3) is 6.96. The van der Waals surface area contributed by atoms with Gasteiger partial charge in [0, 0.05) is 23.4 Å². The molecule has 0 aliphatic heterocycles. The molecule has 1 amide bonds. The highest BCUT2D eigenvalue weighted by Crippen LogP contribution is 2.31. The molecule has 1 N–H and O–H groups in total. The molecule has 3 aromatic rings. The number of methoxy groups -OCH3 is 2. The second-order valence-corrected chi connectivity index (χ2v) is 7.04. The standard InChI is InChI=1S/C26H24N2O6/c1-32-23-16-20(24(14-15-28(30)31)25(17-23)33-2)11-8-19-9-12-21(13-10-19)27-26(29)18-34-22-6-4-3-5-7-22/h3-17H,18H2,1-2H3,(H,27,29)/b11-8+,15-14+. The molecule has 0 atom stereocenters. The van der Waals surface area contributed by atoms with Crippen LogP contribution in [0, 0.1) is 10.1 Å². The molecular weight excluding hydrogens is 436 g/mol. The summed E-state index contributed by atoms with van der Waals surface area (Å²) < 4.78 is 16.1. The summed E-state index contributed by atoms with van der Waals surface area (Å²) in [5.41, 5.74) is 2.74. The number of nitro groups is 1. The Morgan fingerprint density at radius 1 is 0.941 bits per heavy atom. The summed E-state index contributed by atoms with van der Waals surface area (Å²) in [4.78, 5) is 22.4. The maximum absolute atomic E-state index is 12.1. The minimum atomic E-state index is -0.533. The molecule has 0 aliphatic carbocycles. The van der Waals surface area contributed by atoms with Gasteiger partial charge >= 0.3 is 0 Å². The smallest absolute Gasteiger partial charge is 0.262 e. The first-order valence-corrected chi connectivity index (χ1v) is 10.3. The van der Waals surface area contributed by atoms with E-state index in [1.165, 1.54) is 20.3 Å². The Hall–Kier alpha value is -4.59. The monoisotopic (exact) mass is 460 g/mol. The lowest BCUT2D eigenvalue weighted by Gasteiger charge is -2.11. The van der Waals surface area contributed by atoms with E-state index in [-0.39, 0.29) is 12.5 Å². The number of nitrogens with one attached hydrogen (secondary N) is 1. The summed E-state index contributed by atoms with van der Waals surface area (Å²) in [5, 5.41) is 13.6. The predicted molar refractivity (Wildman–Crippen MR) is 132 cm³/mol. The number of hydrogen-bond acceptors (Lipinski definition) is 6. The Labute approximate surface area is 197 Å². The van der Waals surface area contributed by atoms with Gasteiger partial charge in [0.25, 0.3) is 5.91 Å². The molecule has 3 aromatic carbocycles. The fourth-order valence-corrected chi connectivity index (χ4v) is 3.09. The van der Waals surface area contributed by atoms with E-state index in [1.807, 2.05) is 42.5 Å². The number of benzene rings is 3. The third-order valence-electron chi connectivity index (χ3n) is 4.73. The lowest BCUT2D eigenvalue weighted by molar-refractivity contribution is -0.400. The van der Waals surface area contributed by atoms with E-state index < -0.39 is 4.92 Å². The Balaban J connectivity index is 1.71. The van der Waals surface area contributed by atoms with Crippen molar-refractivity contribution in [1.82, 2.24) is 0 Å². The summed E-state index contributed by atoms with van der Waals surface area (Å²) in [7, 11) is 3.02. The summed E-state index contributed by atoms with van der Waals surface area (Å²) in [6.07, 6.45) is 5.91. The van der Waals surface area contributed by atoms with E-state index in [0.29, 0.717) is 34.1 Å². The lowest BCUT2D eigenvalue weighted by Crippen LogP contribution is -2.20. The van der Waals surface area contributed by atoms with Gasteiger partial charge in [-0.2, -0.15) is 0 Å². The van der Waals surface area contributed by atoms with Gasteiger partial charge in [0.2, 0.25) is 6.20 Å². The highest BCUT2D eigenvalue weighted by Gasteiger charge is 2.10. The summed E-state index contributed by atoms with van der Waals surface area (Å²) in [5.74, 6) is 1.37. The average molecular weight is 460 g/mol. The van der Waals surface area contributed by atoms with Crippen LogP contribution >= 0.6 is 0 Å². The van der Waals surface area contributed by atoms with Gasteiger partial charge in [-0.25, -0.2) is 0 Å². The molecule has 174 valence electrons. The molecule has 34 heavy (non-hydrogen) atoms. The molecule has 0 radical (unpaired) electrons. The second-order valence-electron chi connectivity index (χ2n) is 7.04. The number of para-hydroxylation sites is 1. The van der Waals surface area contributed by atoms with E-state index in [0.717, 1.165) is 11.8 Å². The first-order chi connectivity index (χ1) is 16.5. The van der Waals surface area contributed by atoms with Gasteiger partial charge in [0.15, 0.2) is 6.61 Å². The van der Waals surface area contributed by atoms with Crippen molar-refractivity contribution in [2.75, 3.05) is 26.1 Å². The topological polar surface area (TPSA) is 99.9 Å². The number of rotatable bonds is 10. The normalized spacial score (nSPS) is 10.9. The van der Waals surface area contributed by atoms with E-state index in [2.05, 4.69) is 5.32 Å². The van der Waals surface area contributed by atoms with Crippen molar-refractivity contribution in [2.24, 2.45) is 0 Å². The van der Waals surface area contributed by atoms with Gasteiger partial charge in [-0.1, -0.05) is 42.5 Å². The van der Waals surface area contributed by atoms with Gasteiger partial charge in [-0.3, -0.25) is 14.9 Å². The van der Waals surface area contributed by atoms with Crippen molar-refractivity contribution in [1.29, 1.82) is 0 Å². The zero-order valence-corrected chi connectivity index (χ0v) is 18.8. The molecule has 8 heteroatoms. The van der Waals surface area contributed by atoms with Gasteiger partial charge < -0.3 is 19.5 Å². The number of carbonyl (C=O) groups is 1. The second kappa shape index (κ2) is 11.9. The van der Waals surface area contributed by atoms with Gasteiger partial charge in [-0.15, -0.1) is 0 Å². The van der Waals surface area contributed by atoms with Gasteiger partial charge in [0.05, 0.1) is 19.1 Å². The molecule has 0 aliphatic rings. The summed E-state index contributed by atoms with van der Waals surface area (Å²) >= 11 is 0. The highest BCUT2D eigenvalue weighted by molar-refractivity contribution is 5.92. The first kappa shape index (κ1) is 24.1. The minimum Gasteiger partial charge on any atom is -0.497 e. The van der Waals surface area contributed by atoms with Crippen LogP contribution < -0.4 is 19.5 Å². The van der Waals surface area contributed by atoms with Crippen molar-refractivity contribution in [2.45, 2.75) is 0 Å². The maximum Gasteiger partial charge on any atom is 0.262 e. The largest absolute Gasteiger partial charge is 0.497 e. The maximum atomic E-state index is 12.1. The lowest BCUT2D eigenvalue weighted by atomic mass is 10.0. The molecule has 0 spiro atoms. The van der Waals surface area contributed by atoms with Crippen LogP contribution in [0.25, 0.3) is 18.2 Å². The van der Waals surface area contributed by atoms with Crippen molar-refractivity contribution >= 4 is 29.8 Å². The fourth-order valence-electron chi connectivity index (χ4n) is 3.09. The fraction of sp³-hybridized carbons (Fsp3) is 0.115. The van der Waals surface area contributed by atoms with Crippen LogP contribution in [-0.2, 0) is 4.79 Å². The summed E-state index contributed by atoms with van der Waals surface area (Å²) in [6.45, 7) is -0.0935. The number of anilines is 1. The van der Waals surface area contributed by atoms with E-state index in [4.69, 9.17) is 14.2 Å². The molecule has 3 rings (SSSR count). The van der Waals surface area contributed by atoms with Crippen molar-refractivity contribution in [3.63, 3.8) is 0 Å². The third-order valence-corrected chi connectivity index (χ3v) is 4.73. The van der Waals surface area contributed by atoms with E-state index in [9.17, 15) is 14.9 Å². The molecular formula is C26H24N2O6. The van der Waals surface area contributed by atoms with Crippen LogP contribution in [0.3, 0.4) is 0 Å². The number of carbonyl (C=O) groups excluding carboxylic acids is 1. The SMILES string of the molecule is COc1cc(/C=C/c2ccc(NC(=O)COc3ccccc3)cc2)c(/C=C/[N+](=O)[O-])c(OC)c1. The Bertz CT molecular complexity index is 1190. The van der Waals surface area contributed by atoms with Crippen molar-refractivity contribution in [3.05, 3.63) is 99.7 Å². The molecule has 0 saturated carbocycles. The Kier molecular flexibility index (Phi) is 8.40. The Morgan fingerprint density at radius 2 is 1.68 bits per heavy atom. The van der Waals surface area contributed by atoms with Crippen LogP contribution in [0.1, 0.15) is 16.7 Å². The zero-order valence-electron chi connectivity index (χ0n) is 18.8. The van der Waals surface area contributed by atoms with Crippen LogP contribution in [0.4, 0.5) is 5.69 Å². The molecule has 0 heterocycles. The molecule has 8 nitrogen and oxygen atoms in total.